The summed E-state index contributed by atoms with van der Waals surface area (Å²) in [6.45, 7) is 11.9. The summed E-state index contributed by atoms with van der Waals surface area (Å²) in [6.07, 6.45) is 1.11. The van der Waals surface area contributed by atoms with Crippen molar-refractivity contribution in [3.8, 4) is 11.5 Å². The van der Waals surface area contributed by atoms with Crippen molar-refractivity contribution in [2.24, 2.45) is 0 Å². The molecule has 0 amide bonds. The Morgan fingerprint density at radius 3 is 1.08 bits per heavy atom. The average molecular weight is 669 g/mol. The number of benzene rings is 6. The number of hydrogen-bond acceptors (Lipinski definition) is 6. The van der Waals surface area contributed by atoms with Crippen molar-refractivity contribution in [3.63, 3.8) is 0 Å². The molecule has 6 nitrogen and oxygen atoms in total. The van der Waals surface area contributed by atoms with Gasteiger partial charge in [0, 0.05) is 71.6 Å². The van der Waals surface area contributed by atoms with Crippen LogP contribution in [0.2, 0.25) is 0 Å². The maximum absolute atomic E-state index is 14.6. The minimum absolute atomic E-state index is 0.00432. The largest absolute Gasteiger partial charge is 0.851 e. The normalized spacial score (nSPS) is 19.0. The van der Waals surface area contributed by atoms with Crippen LogP contribution in [-0.2, 0) is 0 Å². The van der Waals surface area contributed by atoms with E-state index in [4.69, 9.17) is 0 Å². The molecule has 0 aliphatic heterocycles. The molecule has 50 heavy (non-hydrogen) atoms. The lowest BCUT2D eigenvalue weighted by molar-refractivity contribution is -0.535. The lowest BCUT2D eigenvalue weighted by Gasteiger charge is -2.62. The summed E-state index contributed by atoms with van der Waals surface area (Å²) in [5, 5.41) is 60.2. The molecule has 1 aliphatic carbocycles. The third-order valence-corrected chi connectivity index (χ3v) is 10.7. The zero-order valence-corrected chi connectivity index (χ0v) is 29.7. The van der Waals surface area contributed by atoms with E-state index in [-0.39, 0.29) is 11.5 Å². The molecule has 0 bridgehead atoms. The topological polar surface area (TPSA) is 93.1 Å². The number of anilines is 2. The highest BCUT2D eigenvalue weighted by atomic mass is 16.3. The summed E-state index contributed by atoms with van der Waals surface area (Å²) < 4.78 is 0. The molecule has 0 unspecified atom stereocenters. The Bertz CT molecular complexity index is 2000. The maximum atomic E-state index is 14.6. The fraction of sp³-hybridized carbons (Fsp3) is 0.364. The van der Waals surface area contributed by atoms with Crippen molar-refractivity contribution < 1.29 is 20.4 Å². The van der Waals surface area contributed by atoms with Gasteiger partial charge >= 0.3 is 0 Å². The van der Waals surface area contributed by atoms with E-state index >= 15 is 0 Å². The van der Waals surface area contributed by atoms with Crippen LogP contribution in [0.4, 0.5) is 11.4 Å². The van der Waals surface area contributed by atoms with Crippen molar-refractivity contribution in [1.29, 1.82) is 0 Å². The van der Waals surface area contributed by atoms with Crippen LogP contribution in [0.25, 0.3) is 43.1 Å². The summed E-state index contributed by atoms with van der Waals surface area (Å²) >= 11 is 0. The fourth-order valence-corrected chi connectivity index (χ4v) is 8.54. The second-order valence-corrected chi connectivity index (χ2v) is 14.1. The fourth-order valence-electron chi connectivity index (χ4n) is 8.54. The molecule has 260 valence electrons. The van der Waals surface area contributed by atoms with E-state index in [0.717, 1.165) is 106 Å². The first kappa shape index (κ1) is 34.0. The van der Waals surface area contributed by atoms with Gasteiger partial charge in [0.05, 0.1) is 0 Å². The van der Waals surface area contributed by atoms with Crippen LogP contribution in [-0.4, -0.2) is 48.6 Å². The first-order valence-electron chi connectivity index (χ1n) is 18.5. The van der Waals surface area contributed by atoms with Gasteiger partial charge < -0.3 is 30.2 Å². The van der Waals surface area contributed by atoms with Crippen LogP contribution in [0, 0.1) is 0 Å². The molecule has 0 aromatic heterocycles. The zero-order valence-electron chi connectivity index (χ0n) is 29.7. The molecule has 6 aromatic rings. The van der Waals surface area contributed by atoms with Gasteiger partial charge in [-0.3, -0.25) is 0 Å². The zero-order chi connectivity index (χ0) is 35.1. The smallest absolute Gasteiger partial charge is 0.121 e. The molecule has 0 saturated heterocycles. The molecule has 6 heteroatoms. The first-order chi connectivity index (χ1) is 24.3. The molecular formula is C44H48N2O4-2. The molecule has 0 atom stereocenters. The minimum Gasteiger partial charge on any atom is -0.851 e. The summed E-state index contributed by atoms with van der Waals surface area (Å²) in [4.78, 5) is 4.59. The molecule has 0 heterocycles. The van der Waals surface area contributed by atoms with E-state index in [1.165, 1.54) is 0 Å². The molecule has 6 aromatic carbocycles. The van der Waals surface area contributed by atoms with Crippen LogP contribution in [0.15, 0.2) is 84.9 Å². The Morgan fingerprint density at radius 1 is 0.480 bits per heavy atom. The van der Waals surface area contributed by atoms with Crippen molar-refractivity contribution in [1.82, 2.24) is 0 Å². The van der Waals surface area contributed by atoms with Gasteiger partial charge in [0.2, 0.25) is 0 Å². The molecule has 7 rings (SSSR count). The minimum atomic E-state index is -1.35. The number of aromatic hydroxyl groups is 2. The molecule has 0 spiro atoms. The van der Waals surface area contributed by atoms with Crippen LogP contribution in [0.3, 0.4) is 0 Å². The first-order valence-corrected chi connectivity index (χ1v) is 18.5. The van der Waals surface area contributed by atoms with Gasteiger partial charge in [-0.25, -0.2) is 0 Å². The predicted octanol–water partition coefficient (Wildman–Crippen LogP) is 8.30. The summed E-state index contributed by atoms with van der Waals surface area (Å²) in [7, 11) is 0. The summed E-state index contributed by atoms with van der Waals surface area (Å²) in [6, 6.07) is 28.1. The van der Waals surface area contributed by atoms with Gasteiger partial charge in [-0.15, -0.1) is 12.2 Å². The highest BCUT2D eigenvalue weighted by Crippen LogP contribution is 2.55. The Balaban J connectivity index is 1.39. The Labute approximate surface area is 295 Å². The van der Waals surface area contributed by atoms with E-state index < -0.39 is 24.0 Å². The Kier molecular flexibility index (Phi) is 9.51. The van der Waals surface area contributed by atoms with Crippen LogP contribution in [0.5, 0.6) is 11.5 Å². The lowest BCUT2D eigenvalue weighted by Crippen LogP contribution is -2.63. The number of fused-ring (bicyclic) bond motifs is 4. The highest BCUT2D eigenvalue weighted by molar-refractivity contribution is 6.08. The van der Waals surface area contributed by atoms with Crippen molar-refractivity contribution in [3.05, 3.63) is 96.1 Å². The van der Waals surface area contributed by atoms with Crippen LogP contribution >= 0.6 is 0 Å². The monoisotopic (exact) mass is 668 g/mol. The van der Waals surface area contributed by atoms with Gasteiger partial charge in [-0.1, -0.05) is 76.2 Å². The number of nitrogens with zero attached hydrogens (tertiary/aromatic N) is 2. The van der Waals surface area contributed by atoms with Gasteiger partial charge in [0.25, 0.3) is 0 Å². The van der Waals surface area contributed by atoms with Crippen molar-refractivity contribution in [2.45, 2.75) is 77.4 Å². The molecule has 2 N–H and O–H groups in total. The maximum Gasteiger partial charge on any atom is 0.121 e. The molecule has 1 aliphatic rings. The van der Waals surface area contributed by atoms with Crippen molar-refractivity contribution in [2.75, 3.05) is 36.0 Å². The second-order valence-electron chi connectivity index (χ2n) is 14.1. The van der Waals surface area contributed by atoms with Crippen molar-refractivity contribution >= 4 is 54.5 Å². The molecule has 1 fully saturated rings. The third-order valence-electron chi connectivity index (χ3n) is 10.7. The Hall–Kier alpha value is -4.52. The quantitative estimate of drug-likeness (QED) is 0.128. The van der Waals surface area contributed by atoms with Crippen LogP contribution in [0.1, 0.15) is 76.3 Å². The van der Waals surface area contributed by atoms with Gasteiger partial charge in [-0.2, -0.15) is 0 Å². The van der Waals surface area contributed by atoms with Gasteiger partial charge in [0.1, 0.15) is 11.5 Å². The highest BCUT2D eigenvalue weighted by Gasteiger charge is 2.43. The van der Waals surface area contributed by atoms with Gasteiger partial charge in [0.15, 0.2) is 0 Å². The van der Waals surface area contributed by atoms with Crippen LogP contribution < -0.4 is 20.0 Å². The summed E-state index contributed by atoms with van der Waals surface area (Å²) in [5.41, 5.74) is 2.71. The molecular weight excluding hydrogens is 620 g/mol. The predicted molar refractivity (Wildman–Crippen MR) is 205 cm³/mol. The number of hydrogen-bond donors (Lipinski definition) is 2. The lowest BCUT2D eigenvalue weighted by atomic mass is 9.61. The van der Waals surface area contributed by atoms with E-state index in [9.17, 15) is 20.4 Å². The molecule has 1 saturated carbocycles. The van der Waals surface area contributed by atoms with E-state index in [0.29, 0.717) is 11.1 Å². The number of rotatable bonds is 12. The standard InChI is InChI=1S/C44H48N2O4/c1-5-17-45(18-6-2)35-25-37(47)39(33-23-29-15-11-9-13-27(29)21-31(33)35)41-43(49)42(44(41)50)40-34-24-30-16-12-10-14-28(30)22-32(34)36(26-38(40)48)46(19-7-3)20-8-4/h9-16,21-26,41-44,47-48H,5-8,17-20H2,1-4H3/q-2. The van der Waals surface area contributed by atoms with E-state index in [1.807, 2.05) is 48.5 Å². The van der Waals surface area contributed by atoms with Gasteiger partial charge in [-0.05, 0) is 94.1 Å². The third kappa shape index (κ3) is 5.69. The average Bonchev–Trinajstić information content (AvgIpc) is 3.12. The van der Waals surface area contributed by atoms with E-state index in [1.54, 1.807) is 12.1 Å². The summed E-state index contributed by atoms with van der Waals surface area (Å²) in [5.74, 6) is -1.93. The number of phenols is 2. The Morgan fingerprint density at radius 2 is 0.780 bits per heavy atom. The number of phenolic OH excluding ortho intramolecular Hbond substituents is 2. The second kappa shape index (κ2) is 14.0. The van der Waals surface area contributed by atoms with E-state index in [2.05, 4.69) is 61.8 Å². The SMILES string of the molecule is CCCN(CCC)c1cc(O)c(C2C([O-])C(c3c(O)cc(N(CCC)CCC)c4cc5ccccc5cc34)C2[O-])c2cc3ccccc3cc12. The molecule has 0 radical (unpaired) electrons.